The van der Waals surface area contributed by atoms with Crippen LogP contribution in [0, 0.1) is 11.6 Å². The Hall–Kier alpha value is -3.26. The molecule has 0 unspecified atom stereocenters. The lowest BCUT2D eigenvalue weighted by Gasteiger charge is -2.26. The number of hydrogen-bond acceptors (Lipinski definition) is 7. The number of alkyl halides is 3. The largest absolute Gasteiger partial charge is 0.457 e. The summed E-state index contributed by atoms with van der Waals surface area (Å²) >= 11 is 0. The first-order valence-corrected chi connectivity index (χ1v) is 11.6. The summed E-state index contributed by atoms with van der Waals surface area (Å²) < 4.78 is 72.1. The molecule has 2 aliphatic heterocycles. The molecule has 1 atom stereocenters. The highest BCUT2D eigenvalue weighted by atomic mass is 19.3. The molecule has 2 aliphatic rings. The summed E-state index contributed by atoms with van der Waals surface area (Å²) in [6, 6.07) is 2.09. The van der Waals surface area contributed by atoms with Crippen LogP contribution in [0.5, 0.6) is 0 Å². The third-order valence-electron chi connectivity index (χ3n) is 5.65. The van der Waals surface area contributed by atoms with Crippen LogP contribution in [-0.4, -0.2) is 87.9 Å². The van der Waals surface area contributed by atoms with Crippen molar-refractivity contribution >= 4 is 29.0 Å². The van der Waals surface area contributed by atoms with E-state index in [1.165, 1.54) is 4.90 Å². The number of benzene rings is 1. The number of carbonyl (C=O) groups is 3. The van der Waals surface area contributed by atoms with E-state index in [4.69, 9.17) is 9.57 Å². The van der Waals surface area contributed by atoms with E-state index in [9.17, 15) is 27.6 Å². The van der Waals surface area contributed by atoms with Gasteiger partial charge in [-0.25, -0.2) is 18.6 Å². The minimum Gasteiger partial charge on any atom is -0.457 e. The molecule has 3 rings (SSSR count). The SMILES string of the molecule is O=C1C=C(c2cc(F)c(N3CCON(C(=O)CNCCCF)CC3)c(F)c2)C[C@H](CNC(=O)C(F)F)O1.[HH].[HH]. The highest BCUT2D eigenvalue weighted by Crippen LogP contribution is 2.32. The van der Waals surface area contributed by atoms with Gasteiger partial charge in [0.1, 0.15) is 23.4 Å². The Morgan fingerprint density at radius 2 is 1.89 bits per heavy atom. The molecule has 2 heterocycles. The van der Waals surface area contributed by atoms with Crippen LogP contribution >= 0.6 is 0 Å². The van der Waals surface area contributed by atoms with Crippen LogP contribution < -0.4 is 15.5 Å². The molecule has 1 saturated heterocycles. The third kappa shape index (κ3) is 7.86. The number of hydrogen-bond donors (Lipinski definition) is 2. The normalized spacial score (nSPS) is 18.4. The number of halogens is 5. The van der Waals surface area contributed by atoms with Crippen molar-refractivity contribution in [2.24, 2.45) is 0 Å². The highest BCUT2D eigenvalue weighted by molar-refractivity contribution is 5.93. The van der Waals surface area contributed by atoms with Gasteiger partial charge in [-0.15, -0.1) is 0 Å². The number of ether oxygens (including phenoxy) is 1. The number of anilines is 1. The number of amides is 2. The molecule has 0 aliphatic carbocycles. The summed E-state index contributed by atoms with van der Waals surface area (Å²) in [6.45, 7) is -0.450. The van der Waals surface area contributed by atoms with Crippen LogP contribution in [-0.2, 0) is 24.0 Å². The van der Waals surface area contributed by atoms with Gasteiger partial charge in [0.15, 0.2) is 0 Å². The lowest BCUT2D eigenvalue weighted by Crippen LogP contribution is -2.40. The predicted octanol–water partition coefficient (Wildman–Crippen LogP) is 2.07. The molecule has 37 heavy (non-hydrogen) atoms. The maximum Gasteiger partial charge on any atom is 0.331 e. The molecular formula is C23H31F5N4O5. The molecule has 0 bridgehead atoms. The van der Waals surface area contributed by atoms with Gasteiger partial charge in [-0.2, -0.15) is 8.78 Å². The molecule has 208 valence electrons. The van der Waals surface area contributed by atoms with E-state index in [0.29, 0.717) is 6.54 Å². The maximum absolute atomic E-state index is 15.1. The number of nitrogens with one attached hydrogen (secondary N) is 2. The first-order valence-electron chi connectivity index (χ1n) is 11.6. The first-order chi connectivity index (χ1) is 17.7. The number of rotatable bonds is 10. The van der Waals surface area contributed by atoms with Crippen LogP contribution in [0.3, 0.4) is 0 Å². The van der Waals surface area contributed by atoms with Crippen molar-refractivity contribution in [1.29, 1.82) is 0 Å². The molecule has 0 saturated carbocycles. The Balaban J connectivity index is 0.00000380. The van der Waals surface area contributed by atoms with Gasteiger partial charge in [-0.05, 0) is 36.2 Å². The van der Waals surface area contributed by atoms with Crippen LogP contribution in [0.4, 0.5) is 27.6 Å². The number of carbonyl (C=O) groups excluding carboxylic acids is 3. The Kier molecular flexibility index (Phi) is 10.2. The quantitative estimate of drug-likeness (QED) is 0.267. The highest BCUT2D eigenvalue weighted by Gasteiger charge is 2.28. The molecule has 9 nitrogen and oxygen atoms in total. The van der Waals surface area contributed by atoms with Crippen LogP contribution in [0.25, 0.3) is 5.57 Å². The van der Waals surface area contributed by atoms with E-state index in [1.54, 1.807) is 0 Å². The van der Waals surface area contributed by atoms with E-state index in [0.717, 1.165) is 23.3 Å². The van der Waals surface area contributed by atoms with Gasteiger partial charge in [0.25, 0.3) is 11.8 Å². The molecule has 0 aromatic heterocycles. The molecule has 1 fully saturated rings. The zero-order valence-corrected chi connectivity index (χ0v) is 19.8. The second-order valence-electron chi connectivity index (χ2n) is 8.30. The predicted molar refractivity (Wildman–Crippen MR) is 125 cm³/mol. The lowest BCUT2D eigenvalue weighted by molar-refractivity contribution is -0.180. The van der Waals surface area contributed by atoms with E-state index >= 15 is 8.78 Å². The fourth-order valence-electron chi connectivity index (χ4n) is 3.89. The lowest BCUT2D eigenvalue weighted by atomic mass is 9.96. The van der Waals surface area contributed by atoms with Gasteiger partial charge in [-0.3, -0.25) is 18.8 Å². The first kappa shape index (κ1) is 28.3. The van der Waals surface area contributed by atoms with Gasteiger partial charge in [-0.1, -0.05) is 0 Å². The average molecular weight is 539 g/mol. The minimum absolute atomic E-state index is 0. The van der Waals surface area contributed by atoms with Crippen molar-refractivity contribution in [3.63, 3.8) is 0 Å². The van der Waals surface area contributed by atoms with Crippen molar-refractivity contribution in [2.45, 2.75) is 25.4 Å². The van der Waals surface area contributed by atoms with E-state index < -0.39 is 48.6 Å². The topological polar surface area (TPSA) is 100 Å². The second kappa shape index (κ2) is 13.3. The zero-order valence-electron chi connectivity index (χ0n) is 19.8. The molecule has 0 spiro atoms. The Bertz CT molecular complexity index is 1010. The molecule has 2 amide bonds. The fraction of sp³-hybridized carbons (Fsp3) is 0.522. The Morgan fingerprint density at radius 1 is 1.16 bits per heavy atom. The second-order valence-corrected chi connectivity index (χ2v) is 8.30. The van der Waals surface area contributed by atoms with Crippen molar-refractivity contribution in [2.75, 3.05) is 57.4 Å². The summed E-state index contributed by atoms with van der Waals surface area (Å²) in [6.07, 6.45) is -2.96. The monoisotopic (exact) mass is 538 g/mol. The number of cyclic esters (lactones) is 1. The number of nitrogens with zero attached hydrogens (tertiary/aromatic N) is 2. The summed E-state index contributed by atoms with van der Waals surface area (Å²) in [5, 5.41) is 5.83. The molecule has 1 aromatic rings. The molecule has 0 radical (unpaired) electrons. The summed E-state index contributed by atoms with van der Waals surface area (Å²) in [5.74, 6) is -4.58. The van der Waals surface area contributed by atoms with Gasteiger partial charge in [0.2, 0.25) is 0 Å². The van der Waals surface area contributed by atoms with E-state index in [2.05, 4.69) is 5.32 Å². The van der Waals surface area contributed by atoms with Crippen LogP contribution in [0.2, 0.25) is 0 Å². The van der Waals surface area contributed by atoms with Gasteiger partial charge in [0.05, 0.1) is 32.9 Å². The smallest absolute Gasteiger partial charge is 0.331 e. The fourth-order valence-corrected chi connectivity index (χ4v) is 3.89. The molecular weight excluding hydrogens is 507 g/mol. The van der Waals surface area contributed by atoms with Crippen molar-refractivity contribution < 1.29 is 48.8 Å². The summed E-state index contributed by atoms with van der Waals surface area (Å²) in [7, 11) is 0. The maximum atomic E-state index is 15.1. The van der Waals surface area contributed by atoms with Crippen molar-refractivity contribution in [1.82, 2.24) is 15.7 Å². The van der Waals surface area contributed by atoms with Crippen LogP contribution in [0.15, 0.2) is 18.2 Å². The molecule has 14 heteroatoms. The molecule has 1 aromatic carbocycles. The average Bonchev–Trinajstić information content (AvgIpc) is 3.10. The van der Waals surface area contributed by atoms with Gasteiger partial charge >= 0.3 is 12.4 Å². The number of hydroxylamine groups is 2. The van der Waals surface area contributed by atoms with E-state index in [-0.39, 0.29) is 71.8 Å². The summed E-state index contributed by atoms with van der Waals surface area (Å²) in [4.78, 5) is 42.0. The van der Waals surface area contributed by atoms with Crippen LogP contribution in [0.1, 0.15) is 21.3 Å². The Labute approximate surface area is 212 Å². The summed E-state index contributed by atoms with van der Waals surface area (Å²) in [5.41, 5.74) is -0.0570. The third-order valence-corrected chi connectivity index (χ3v) is 5.65. The number of esters is 1. The van der Waals surface area contributed by atoms with Crippen molar-refractivity contribution in [3.8, 4) is 0 Å². The van der Waals surface area contributed by atoms with Gasteiger partial charge < -0.3 is 20.3 Å². The van der Waals surface area contributed by atoms with Gasteiger partial charge in [0, 0.05) is 28.4 Å². The standard InChI is InChI=1S/C23H27F5N4O5.2H2/c24-2-1-3-29-13-19(33)32-5-4-31(6-7-36-32)21-17(25)9-15(10-18(21)26)14-8-16(37-20(34)11-14)12-30-23(35)22(27)28;;/h9-11,16,22,29H,1-8,12-13H2,(H,30,35);2*1H/t16-;;/m1../s1. The Morgan fingerprint density at radius 3 is 2.57 bits per heavy atom. The zero-order chi connectivity index (χ0) is 26.9. The minimum atomic E-state index is -3.23. The molecule has 2 N–H and O–H groups in total. The van der Waals surface area contributed by atoms with Crippen molar-refractivity contribution in [3.05, 3.63) is 35.4 Å². The van der Waals surface area contributed by atoms with E-state index in [1.807, 2.05) is 5.32 Å².